The van der Waals surface area contributed by atoms with Gasteiger partial charge in [-0.3, -0.25) is 0 Å². The van der Waals surface area contributed by atoms with E-state index in [2.05, 4.69) is 6.58 Å². The van der Waals surface area contributed by atoms with E-state index in [0.717, 1.165) is 5.47 Å². The highest BCUT2D eigenvalue weighted by molar-refractivity contribution is 6.54. The van der Waals surface area contributed by atoms with E-state index in [0.29, 0.717) is 0 Å². The predicted octanol–water partition coefficient (Wildman–Crippen LogP) is 3.22. The number of hydrogen-bond acceptors (Lipinski definition) is 2. The predicted molar refractivity (Wildman–Crippen MR) is 62.2 cm³/mol. The highest BCUT2D eigenvalue weighted by Gasteiger charge is 2.51. The first-order valence-electron chi connectivity index (χ1n) is 5.27. The molecule has 3 heteroatoms. The monoisotopic (exact) mass is 198 g/mol. The lowest BCUT2D eigenvalue weighted by atomic mass is 9.81. The fraction of sp³-hybridized carbons (Fsp3) is 0.818. The molecule has 0 radical (unpaired) electrons. The Morgan fingerprint density at radius 2 is 1.29 bits per heavy atom. The summed E-state index contributed by atoms with van der Waals surface area (Å²) in [4.78, 5) is 0. The van der Waals surface area contributed by atoms with E-state index in [1.165, 1.54) is 0 Å². The molecule has 1 aliphatic rings. The number of hydrogen-bond donors (Lipinski definition) is 0. The minimum absolute atomic E-state index is 0.239. The summed E-state index contributed by atoms with van der Waals surface area (Å²) in [5.41, 5.74) is 0.446. The van der Waals surface area contributed by atoms with E-state index in [1.54, 1.807) is 0 Å². The van der Waals surface area contributed by atoms with Crippen LogP contribution in [0.5, 0.6) is 0 Å². The molecule has 0 unspecified atom stereocenters. The second-order valence-corrected chi connectivity index (χ2v) is 4.43. The van der Waals surface area contributed by atoms with E-state index in [-0.39, 0.29) is 18.3 Å². The maximum absolute atomic E-state index is 5.70. The van der Waals surface area contributed by atoms with Gasteiger partial charge in [-0.25, -0.2) is 0 Å². The smallest absolute Gasteiger partial charge is 0.400 e. The second kappa shape index (κ2) is 4.50. The molecule has 0 aromatic rings. The van der Waals surface area contributed by atoms with Crippen LogP contribution in [0.15, 0.2) is 12.1 Å². The average Bonchev–Trinajstić information content (AvgIpc) is 2.26. The lowest BCUT2D eigenvalue weighted by Crippen LogP contribution is -2.41. The topological polar surface area (TPSA) is 18.5 Å². The molecule has 14 heavy (non-hydrogen) atoms. The first kappa shape index (κ1) is 13.7. The van der Waals surface area contributed by atoms with E-state index in [1.807, 2.05) is 48.5 Å². The quantitative estimate of drug-likeness (QED) is 0.602. The SMILES string of the molecule is C=C(C)B1OC(C)(C)C(C)(C)O1.CC. The van der Waals surface area contributed by atoms with Crippen molar-refractivity contribution in [2.75, 3.05) is 0 Å². The second-order valence-electron chi connectivity index (χ2n) is 4.43. The van der Waals surface area contributed by atoms with Gasteiger partial charge in [0.1, 0.15) is 0 Å². The molecule has 2 nitrogen and oxygen atoms in total. The van der Waals surface area contributed by atoms with Gasteiger partial charge in [-0.15, -0.1) is 6.58 Å². The zero-order chi connectivity index (χ0) is 11.6. The Morgan fingerprint density at radius 1 is 1.00 bits per heavy atom. The minimum atomic E-state index is -0.241. The maximum atomic E-state index is 5.70. The summed E-state index contributed by atoms with van der Waals surface area (Å²) in [7, 11) is -0.241. The van der Waals surface area contributed by atoms with Gasteiger partial charge < -0.3 is 9.31 Å². The Morgan fingerprint density at radius 3 is 1.43 bits per heavy atom. The molecule has 0 saturated carbocycles. The summed E-state index contributed by atoms with van der Waals surface area (Å²) >= 11 is 0. The lowest BCUT2D eigenvalue weighted by Gasteiger charge is -2.32. The van der Waals surface area contributed by atoms with Crippen molar-refractivity contribution < 1.29 is 9.31 Å². The summed E-state index contributed by atoms with van der Waals surface area (Å²) < 4.78 is 11.4. The van der Waals surface area contributed by atoms with Gasteiger partial charge in [-0.1, -0.05) is 19.3 Å². The largest absolute Gasteiger partial charge is 0.489 e. The van der Waals surface area contributed by atoms with E-state index >= 15 is 0 Å². The Hall–Kier alpha value is -0.275. The van der Waals surface area contributed by atoms with Crippen LogP contribution in [0.2, 0.25) is 0 Å². The van der Waals surface area contributed by atoms with Crippen LogP contribution in [0, 0.1) is 0 Å². The van der Waals surface area contributed by atoms with Gasteiger partial charge in [0.25, 0.3) is 0 Å². The van der Waals surface area contributed by atoms with Crippen LogP contribution in [-0.2, 0) is 9.31 Å². The van der Waals surface area contributed by atoms with Crippen LogP contribution in [0.25, 0.3) is 0 Å². The third-order valence-electron chi connectivity index (χ3n) is 2.66. The molecule has 1 aliphatic heterocycles. The molecule has 0 aromatic carbocycles. The van der Waals surface area contributed by atoms with Crippen LogP contribution in [0.1, 0.15) is 48.5 Å². The van der Waals surface area contributed by atoms with Crippen molar-refractivity contribution in [2.24, 2.45) is 0 Å². The van der Waals surface area contributed by atoms with Crippen LogP contribution in [0.3, 0.4) is 0 Å². The molecule has 1 heterocycles. The summed E-state index contributed by atoms with van der Waals surface area (Å²) in [5, 5.41) is 0. The van der Waals surface area contributed by atoms with Gasteiger partial charge in [0.05, 0.1) is 11.2 Å². The lowest BCUT2D eigenvalue weighted by molar-refractivity contribution is 0.00578. The van der Waals surface area contributed by atoms with Crippen molar-refractivity contribution in [1.29, 1.82) is 0 Å². The van der Waals surface area contributed by atoms with Gasteiger partial charge in [-0.05, 0) is 34.6 Å². The Balaban J connectivity index is 0.000000791. The van der Waals surface area contributed by atoms with Gasteiger partial charge in [0, 0.05) is 0 Å². The highest BCUT2D eigenvalue weighted by Crippen LogP contribution is 2.37. The molecule has 0 N–H and O–H groups in total. The van der Waals surface area contributed by atoms with Crippen LogP contribution < -0.4 is 0 Å². The molecule has 1 rings (SSSR count). The number of rotatable bonds is 1. The third kappa shape index (κ3) is 2.61. The average molecular weight is 198 g/mol. The normalized spacial score (nSPS) is 22.6. The summed E-state index contributed by atoms with van der Waals surface area (Å²) in [6.07, 6.45) is 0. The number of allylic oxidation sites excluding steroid dienone is 1. The van der Waals surface area contributed by atoms with Crippen molar-refractivity contribution in [3.05, 3.63) is 12.1 Å². The molecule has 0 aliphatic carbocycles. The molecule has 0 aromatic heterocycles. The zero-order valence-electron chi connectivity index (χ0n) is 10.6. The molecular formula is C11H23BO2. The summed E-state index contributed by atoms with van der Waals surface area (Å²) in [6.45, 7) is 17.9. The molecule has 0 spiro atoms. The first-order valence-corrected chi connectivity index (χ1v) is 5.27. The van der Waals surface area contributed by atoms with Crippen LogP contribution in [0.4, 0.5) is 0 Å². The minimum Gasteiger partial charge on any atom is -0.400 e. The van der Waals surface area contributed by atoms with Crippen LogP contribution in [-0.4, -0.2) is 18.3 Å². The maximum Gasteiger partial charge on any atom is 0.489 e. The first-order chi connectivity index (χ1) is 6.26. The van der Waals surface area contributed by atoms with E-state index in [4.69, 9.17) is 9.31 Å². The Labute approximate surface area is 88.8 Å². The summed E-state index contributed by atoms with van der Waals surface area (Å²) in [6, 6.07) is 0. The molecule has 1 saturated heterocycles. The third-order valence-corrected chi connectivity index (χ3v) is 2.66. The van der Waals surface area contributed by atoms with Crippen molar-refractivity contribution in [3.63, 3.8) is 0 Å². The fourth-order valence-electron chi connectivity index (χ4n) is 1.04. The zero-order valence-corrected chi connectivity index (χ0v) is 10.6. The van der Waals surface area contributed by atoms with Gasteiger partial charge in [0.15, 0.2) is 0 Å². The molecule has 0 atom stereocenters. The molecule has 0 bridgehead atoms. The van der Waals surface area contributed by atoms with Gasteiger partial charge >= 0.3 is 7.12 Å². The molecule has 0 amide bonds. The van der Waals surface area contributed by atoms with Gasteiger partial charge in [-0.2, -0.15) is 0 Å². The Bertz CT molecular complexity index is 193. The van der Waals surface area contributed by atoms with E-state index in [9.17, 15) is 0 Å². The standard InChI is InChI=1S/C9H17BO2.C2H6/c1-7(2)10-11-8(3,4)9(5,6)12-10;1-2/h1H2,2-6H3;1-2H3. The highest BCUT2D eigenvalue weighted by atomic mass is 16.7. The fourth-order valence-corrected chi connectivity index (χ4v) is 1.04. The van der Waals surface area contributed by atoms with Crippen LogP contribution >= 0.6 is 0 Å². The van der Waals surface area contributed by atoms with Crippen molar-refractivity contribution >= 4 is 7.12 Å². The van der Waals surface area contributed by atoms with Crippen molar-refractivity contribution in [3.8, 4) is 0 Å². The summed E-state index contributed by atoms with van der Waals surface area (Å²) in [5.74, 6) is 0. The Kier molecular flexibility index (Phi) is 4.41. The molecule has 82 valence electrons. The van der Waals surface area contributed by atoms with E-state index < -0.39 is 0 Å². The molecule has 1 fully saturated rings. The van der Waals surface area contributed by atoms with Crippen molar-refractivity contribution in [1.82, 2.24) is 0 Å². The van der Waals surface area contributed by atoms with Gasteiger partial charge in [0.2, 0.25) is 0 Å². The van der Waals surface area contributed by atoms with Crippen molar-refractivity contribution in [2.45, 2.75) is 59.7 Å². The molecular weight excluding hydrogens is 175 g/mol.